The van der Waals surface area contributed by atoms with Crippen LogP contribution < -0.4 is 9.62 Å². The van der Waals surface area contributed by atoms with Gasteiger partial charge in [-0.25, -0.2) is 17.2 Å². The van der Waals surface area contributed by atoms with Gasteiger partial charge in [0.1, 0.15) is 6.04 Å². The van der Waals surface area contributed by atoms with Gasteiger partial charge in [-0.05, 0) is 44.0 Å². The van der Waals surface area contributed by atoms with Crippen molar-refractivity contribution in [3.63, 3.8) is 0 Å². The maximum Gasteiger partial charge on any atom is 0.248 e. The molecule has 5 nitrogen and oxygen atoms in total. The third kappa shape index (κ3) is 4.19. The second kappa shape index (κ2) is 7.41. The van der Waals surface area contributed by atoms with Gasteiger partial charge in [0.05, 0.1) is 11.9 Å². The molecule has 0 heterocycles. The van der Waals surface area contributed by atoms with E-state index in [1.807, 2.05) is 32.0 Å². The second-order valence-electron chi connectivity index (χ2n) is 6.09. The molecule has 0 fully saturated rings. The van der Waals surface area contributed by atoms with E-state index < -0.39 is 33.6 Å². The molecule has 0 aliphatic rings. The number of halogens is 2. The number of amides is 1. The summed E-state index contributed by atoms with van der Waals surface area (Å²) in [5.41, 5.74) is 2.10. The predicted octanol–water partition coefficient (Wildman–Crippen LogP) is 3.37. The molecule has 0 aliphatic carbocycles. The standard InChI is InChI=1S/C18H20F2N2O3S/c1-11-6-5-7-12(2)17(11)21-18(23)13(3)22(26(4,24)25)14-8-9-15(19)16(20)10-14/h5-10,13H,1-4H3,(H,21,23)/t13-/m0/s1. The Hall–Kier alpha value is -2.48. The van der Waals surface area contributed by atoms with Crippen molar-refractivity contribution in [1.82, 2.24) is 0 Å². The first-order chi connectivity index (χ1) is 12.0. The molecule has 0 aromatic heterocycles. The third-order valence-electron chi connectivity index (χ3n) is 3.98. The molecule has 0 unspecified atom stereocenters. The van der Waals surface area contributed by atoms with Gasteiger partial charge in [-0.3, -0.25) is 9.10 Å². The first-order valence-electron chi connectivity index (χ1n) is 7.84. The molecule has 0 bridgehead atoms. The SMILES string of the molecule is Cc1cccc(C)c1NC(=O)[C@H](C)N(c1ccc(F)c(F)c1)S(C)(=O)=O. The van der Waals surface area contributed by atoms with Crippen molar-refractivity contribution in [2.75, 3.05) is 15.9 Å². The van der Waals surface area contributed by atoms with Crippen LogP contribution in [0.5, 0.6) is 0 Å². The Morgan fingerprint density at radius 1 is 1.08 bits per heavy atom. The van der Waals surface area contributed by atoms with Crippen LogP contribution in [0.25, 0.3) is 0 Å². The van der Waals surface area contributed by atoms with Gasteiger partial charge in [0, 0.05) is 11.8 Å². The quantitative estimate of drug-likeness (QED) is 0.862. The van der Waals surface area contributed by atoms with E-state index >= 15 is 0 Å². The summed E-state index contributed by atoms with van der Waals surface area (Å²) in [6.07, 6.45) is 0.900. The molecule has 1 atom stereocenters. The summed E-state index contributed by atoms with van der Waals surface area (Å²) >= 11 is 0. The van der Waals surface area contributed by atoms with Crippen LogP contribution >= 0.6 is 0 Å². The van der Waals surface area contributed by atoms with Crippen LogP contribution in [0, 0.1) is 25.5 Å². The minimum atomic E-state index is -3.92. The van der Waals surface area contributed by atoms with Crippen LogP contribution in [0.1, 0.15) is 18.1 Å². The molecular weight excluding hydrogens is 362 g/mol. The largest absolute Gasteiger partial charge is 0.324 e. The number of nitrogens with zero attached hydrogens (tertiary/aromatic N) is 1. The summed E-state index contributed by atoms with van der Waals surface area (Å²) in [6, 6.07) is 6.98. The van der Waals surface area contributed by atoms with Gasteiger partial charge in [-0.1, -0.05) is 18.2 Å². The molecule has 2 rings (SSSR count). The maximum atomic E-state index is 13.5. The predicted molar refractivity (Wildman–Crippen MR) is 97.7 cm³/mol. The zero-order valence-electron chi connectivity index (χ0n) is 14.9. The van der Waals surface area contributed by atoms with E-state index in [-0.39, 0.29) is 5.69 Å². The van der Waals surface area contributed by atoms with Gasteiger partial charge in [0.2, 0.25) is 15.9 Å². The Morgan fingerprint density at radius 3 is 2.15 bits per heavy atom. The topological polar surface area (TPSA) is 66.5 Å². The van der Waals surface area contributed by atoms with E-state index in [9.17, 15) is 22.0 Å². The van der Waals surface area contributed by atoms with Crippen molar-refractivity contribution in [1.29, 1.82) is 0 Å². The van der Waals surface area contributed by atoms with Crippen molar-refractivity contribution in [3.05, 3.63) is 59.2 Å². The van der Waals surface area contributed by atoms with Crippen LogP contribution in [0.2, 0.25) is 0 Å². The van der Waals surface area contributed by atoms with E-state index in [1.54, 1.807) is 0 Å². The molecular formula is C18H20F2N2O3S. The number of sulfonamides is 1. The second-order valence-corrected chi connectivity index (χ2v) is 7.95. The molecule has 2 aromatic rings. The summed E-state index contributed by atoms with van der Waals surface area (Å²) in [6.45, 7) is 5.01. The van der Waals surface area contributed by atoms with Gasteiger partial charge in [0.15, 0.2) is 11.6 Å². The minimum absolute atomic E-state index is 0.129. The molecule has 1 N–H and O–H groups in total. The highest BCUT2D eigenvalue weighted by Crippen LogP contribution is 2.25. The van der Waals surface area contributed by atoms with Crippen molar-refractivity contribution in [3.8, 4) is 0 Å². The summed E-state index contributed by atoms with van der Waals surface area (Å²) in [4.78, 5) is 12.6. The molecule has 0 saturated heterocycles. The number of rotatable bonds is 5. The summed E-state index contributed by atoms with van der Waals surface area (Å²) < 4.78 is 51.9. The number of carbonyl (C=O) groups is 1. The van der Waals surface area contributed by atoms with Gasteiger partial charge in [-0.2, -0.15) is 0 Å². The number of nitrogens with one attached hydrogen (secondary N) is 1. The fourth-order valence-electron chi connectivity index (χ4n) is 2.67. The number of para-hydroxylation sites is 1. The number of hydrogen-bond acceptors (Lipinski definition) is 3. The molecule has 140 valence electrons. The Bertz CT molecular complexity index is 925. The summed E-state index contributed by atoms with van der Waals surface area (Å²) in [5, 5.41) is 2.71. The Labute approximate surface area is 151 Å². The lowest BCUT2D eigenvalue weighted by Crippen LogP contribution is -2.45. The molecule has 0 radical (unpaired) electrons. The van der Waals surface area contributed by atoms with Gasteiger partial charge in [-0.15, -0.1) is 0 Å². The lowest BCUT2D eigenvalue weighted by atomic mass is 10.1. The number of carbonyl (C=O) groups excluding carboxylic acids is 1. The number of aryl methyl sites for hydroxylation is 2. The molecule has 0 spiro atoms. The first-order valence-corrected chi connectivity index (χ1v) is 9.68. The van der Waals surface area contributed by atoms with Crippen molar-refractivity contribution < 1.29 is 22.0 Å². The molecule has 8 heteroatoms. The third-order valence-corrected chi connectivity index (χ3v) is 5.22. The Kier molecular flexibility index (Phi) is 5.65. The highest BCUT2D eigenvalue weighted by Gasteiger charge is 2.30. The van der Waals surface area contributed by atoms with Crippen LogP contribution in [-0.4, -0.2) is 26.6 Å². The molecule has 2 aromatic carbocycles. The van der Waals surface area contributed by atoms with Crippen molar-refractivity contribution >= 4 is 27.3 Å². The molecule has 0 saturated carbocycles. The van der Waals surface area contributed by atoms with Gasteiger partial charge in [0.25, 0.3) is 0 Å². The van der Waals surface area contributed by atoms with Crippen LogP contribution in [0.4, 0.5) is 20.2 Å². The number of anilines is 2. The molecule has 0 aliphatic heterocycles. The van der Waals surface area contributed by atoms with Crippen molar-refractivity contribution in [2.45, 2.75) is 26.8 Å². The fraction of sp³-hybridized carbons (Fsp3) is 0.278. The normalized spacial score (nSPS) is 12.5. The zero-order chi connectivity index (χ0) is 19.6. The molecule has 1 amide bonds. The Balaban J connectivity index is 2.39. The zero-order valence-corrected chi connectivity index (χ0v) is 15.7. The van der Waals surface area contributed by atoms with E-state index in [0.29, 0.717) is 5.69 Å². The highest BCUT2D eigenvalue weighted by atomic mass is 32.2. The van der Waals surface area contributed by atoms with Crippen LogP contribution in [-0.2, 0) is 14.8 Å². The minimum Gasteiger partial charge on any atom is -0.324 e. The Morgan fingerprint density at radius 2 is 1.65 bits per heavy atom. The van der Waals surface area contributed by atoms with E-state index in [4.69, 9.17) is 0 Å². The smallest absolute Gasteiger partial charge is 0.248 e. The highest BCUT2D eigenvalue weighted by molar-refractivity contribution is 7.92. The van der Waals surface area contributed by atoms with Crippen molar-refractivity contribution in [2.24, 2.45) is 0 Å². The van der Waals surface area contributed by atoms with Crippen LogP contribution in [0.15, 0.2) is 36.4 Å². The van der Waals surface area contributed by atoms with E-state index in [0.717, 1.165) is 39.9 Å². The molecule has 26 heavy (non-hydrogen) atoms. The average molecular weight is 382 g/mol. The van der Waals surface area contributed by atoms with E-state index in [2.05, 4.69) is 5.32 Å². The average Bonchev–Trinajstić information content (AvgIpc) is 2.53. The van der Waals surface area contributed by atoms with E-state index in [1.165, 1.54) is 6.92 Å². The van der Waals surface area contributed by atoms with Crippen LogP contribution in [0.3, 0.4) is 0 Å². The van der Waals surface area contributed by atoms with Gasteiger partial charge >= 0.3 is 0 Å². The van der Waals surface area contributed by atoms with Gasteiger partial charge < -0.3 is 5.32 Å². The number of hydrogen-bond donors (Lipinski definition) is 1. The maximum absolute atomic E-state index is 13.5. The lowest BCUT2D eigenvalue weighted by molar-refractivity contribution is -0.116. The summed E-state index contributed by atoms with van der Waals surface area (Å²) in [7, 11) is -3.92. The summed E-state index contributed by atoms with van der Waals surface area (Å²) in [5.74, 6) is -2.88. The first kappa shape index (κ1) is 19.8. The number of benzene rings is 2. The lowest BCUT2D eigenvalue weighted by Gasteiger charge is -2.28. The fourth-order valence-corrected chi connectivity index (χ4v) is 3.84. The monoisotopic (exact) mass is 382 g/mol.